The first kappa shape index (κ1) is 14.0. The Morgan fingerprint density at radius 2 is 2.05 bits per heavy atom. The van der Waals surface area contributed by atoms with E-state index < -0.39 is 10.0 Å². The molecular weight excluding hydrogens is 264 g/mol. The summed E-state index contributed by atoms with van der Waals surface area (Å²) in [4.78, 5) is 12.0. The number of hydrogen-bond acceptors (Lipinski definition) is 3. The zero-order valence-corrected chi connectivity index (χ0v) is 11.8. The number of nitrogens with two attached hydrogens (primary N) is 1. The van der Waals surface area contributed by atoms with Crippen LogP contribution in [0.5, 0.6) is 0 Å². The van der Waals surface area contributed by atoms with Crippen LogP contribution in [0.25, 0.3) is 0 Å². The number of benzene rings is 1. The van der Waals surface area contributed by atoms with E-state index in [0.29, 0.717) is 17.2 Å². The second-order valence-corrected chi connectivity index (χ2v) is 6.70. The van der Waals surface area contributed by atoms with Crippen molar-refractivity contribution in [3.63, 3.8) is 0 Å². The molecule has 0 saturated heterocycles. The molecule has 2 rings (SSSR count). The maximum atomic E-state index is 12.0. The Bertz CT molecular complexity index is 606. The maximum absolute atomic E-state index is 12.0. The highest BCUT2D eigenvalue weighted by molar-refractivity contribution is 7.89. The molecule has 0 aromatic heterocycles. The van der Waals surface area contributed by atoms with Crippen LogP contribution < -0.4 is 10.5 Å². The minimum absolute atomic E-state index is 0.00248. The lowest BCUT2D eigenvalue weighted by molar-refractivity contribution is -0.119. The van der Waals surface area contributed by atoms with Crippen LogP contribution in [0.2, 0.25) is 0 Å². The molecule has 1 aromatic carbocycles. The predicted octanol–water partition coefficient (Wildman–Crippen LogP) is 1.63. The average Bonchev–Trinajstić information content (AvgIpc) is 3.13. The molecule has 19 heavy (non-hydrogen) atoms. The van der Waals surface area contributed by atoms with Crippen LogP contribution in [-0.2, 0) is 14.8 Å². The highest BCUT2D eigenvalue weighted by atomic mass is 32.2. The number of sulfonamides is 1. The Kier molecular flexibility index (Phi) is 3.64. The van der Waals surface area contributed by atoms with E-state index in [1.807, 2.05) is 6.92 Å². The van der Waals surface area contributed by atoms with Gasteiger partial charge in [-0.25, -0.2) is 13.6 Å². The molecule has 0 radical (unpaired) electrons. The SMILES string of the molecule is Cc1cc(S(N)(=O)=O)ccc1NC(=O)C(C)C1CC1. The molecule has 1 aromatic rings. The molecule has 1 aliphatic rings. The zero-order valence-electron chi connectivity index (χ0n) is 11.0. The van der Waals surface area contributed by atoms with Crippen molar-refractivity contribution in [3.8, 4) is 0 Å². The summed E-state index contributed by atoms with van der Waals surface area (Å²) in [6.07, 6.45) is 2.22. The summed E-state index contributed by atoms with van der Waals surface area (Å²) in [5.74, 6) is 0.468. The monoisotopic (exact) mass is 282 g/mol. The van der Waals surface area contributed by atoms with Gasteiger partial charge in [0.15, 0.2) is 0 Å². The van der Waals surface area contributed by atoms with E-state index in [0.717, 1.165) is 12.8 Å². The van der Waals surface area contributed by atoms with E-state index in [9.17, 15) is 13.2 Å². The molecule has 104 valence electrons. The van der Waals surface area contributed by atoms with Crippen molar-refractivity contribution < 1.29 is 13.2 Å². The molecule has 1 saturated carbocycles. The first-order valence-corrected chi connectivity index (χ1v) is 7.78. The molecule has 0 heterocycles. The van der Waals surface area contributed by atoms with Crippen molar-refractivity contribution in [3.05, 3.63) is 23.8 Å². The van der Waals surface area contributed by atoms with Gasteiger partial charge in [0.1, 0.15) is 0 Å². The molecule has 1 atom stereocenters. The largest absolute Gasteiger partial charge is 0.326 e. The zero-order chi connectivity index (χ0) is 14.2. The average molecular weight is 282 g/mol. The number of anilines is 1. The van der Waals surface area contributed by atoms with Crippen molar-refractivity contribution in [1.29, 1.82) is 0 Å². The van der Waals surface area contributed by atoms with E-state index in [1.165, 1.54) is 12.1 Å². The fourth-order valence-electron chi connectivity index (χ4n) is 2.01. The van der Waals surface area contributed by atoms with Gasteiger partial charge >= 0.3 is 0 Å². The van der Waals surface area contributed by atoms with E-state index in [2.05, 4.69) is 5.32 Å². The van der Waals surface area contributed by atoms with Crippen LogP contribution >= 0.6 is 0 Å². The quantitative estimate of drug-likeness (QED) is 0.879. The Morgan fingerprint density at radius 1 is 1.42 bits per heavy atom. The summed E-state index contributed by atoms with van der Waals surface area (Å²) < 4.78 is 22.4. The number of aryl methyl sites for hydroxylation is 1. The van der Waals surface area contributed by atoms with Crippen molar-refractivity contribution in [1.82, 2.24) is 0 Å². The van der Waals surface area contributed by atoms with Crippen LogP contribution in [0.1, 0.15) is 25.3 Å². The molecule has 1 unspecified atom stereocenters. The van der Waals surface area contributed by atoms with Crippen molar-refractivity contribution >= 4 is 21.6 Å². The van der Waals surface area contributed by atoms with Crippen LogP contribution in [0.3, 0.4) is 0 Å². The van der Waals surface area contributed by atoms with E-state index >= 15 is 0 Å². The summed E-state index contributed by atoms with van der Waals surface area (Å²) in [5, 5.41) is 7.89. The summed E-state index contributed by atoms with van der Waals surface area (Å²) in [6, 6.07) is 4.44. The van der Waals surface area contributed by atoms with Crippen LogP contribution in [0, 0.1) is 18.8 Å². The number of carbonyl (C=O) groups excluding carboxylic acids is 1. The van der Waals surface area contributed by atoms with E-state index in [1.54, 1.807) is 13.0 Å². The van der Waals surface area contributed by atoms with E-state index in [-0.39, 0.29) is 16.7 Å². The van der Waals surface area contributed by atoms with E-state index in [4.69, 9.17) is 5.14 Å². The van der Waals surface area contributed by atoms with Crippen molar-refractivity contribution in [2.24, 2.45) is 17.0 Å². The lowest BCUT2D eigenvalue weighted by atomic mass is 10.1. The van der Waals surface area contributed by atoms with Crippen LogP contribution in [0.15, 0.2) is 23.1 Å². The summed E-state index contributed by atoms with van der Waals surface area (Å²) in [6.45, 7) is 3.66. The normalized spacial score (nSPS) is 17.0. The van der Waals surface area contributed by atoms with Gasteiger partial charge in [0, 0.05) is 11.6 Å². The first-order chi connectivity index (χ1) is 8.79. The highest BCUT2D eigenvalue weighted by Gasteiger charge is 2.32. The lowest BCUT2D eigenvalue weighted by Crippen LogP contribution is -2.22. The Morgan fingerprint density at radius 3 is 2.53 bits per heavy atom. The second kappa shape index (κ2) is 4.94. The van der Waals surface area contributed by atoms with Gasteiger partial charge in [-0.2, -0.15) is 0 Å². The molecular formula is C13H18N2O3S. The third kappa shape index (κ3) is 3.33. The maximum Gasteiger partial charge on any atom is 0.238 e. The number of rotatable bonds is 4. The molecule has 1 amide bonds. The molecule has 0 aliphatic heterocycles. The molecule has 6 heteroatoms. The highest BCUT2D eigenvalue weighted by Crippen LogP contribution is 2.37. The molecule has 1 aliphatic carbocycles. The Balaban J connectivity index is 2.15. The van der Waals surface area contributed by atoms with Gasteiger partial charge in [-0.15, -0.1) is 0 Å². The minimum atomic E-state index is -3.70. The fraction of sp³-hybridized carbons (Fsp3) is 0.462. The third-order valence-electron chi connectivity index (χ3n) is 3.53. The minimum Gasteiger partial charge on any atom is -0.326 e. The van der Waals surface area contributed by atoms with Gasteiger partial charge < -0.3 is 5.32 Å². The number of amides is 1. The van der Waals surface area contributed by atoms with Crippen molar-refractivity contribution in [2.45, 2.75) is 31.6 Å². The van der Waals surface area contributed by atoms with Crippen molar-refractivity contribution in [2.75, 3.05) is 5.32 Å². The van der Waals surface area contributed by atoms with Gasteiger partial charge in [0.2, 0.25) is 15.9 Å². The predicted molar refractivity (Wildman–Crippen MR) is 73.1 cm³/mol. The standard InChI is InChI=1S/C13H18N2O3S/c1-8-7-11(19(14,17)18)5-6-12(8)15-13(16)9(2)10-3-4-10/h5-7,9-10H,3-4H2,1-2H3,(H,15,16)(H2,14,17,18). The van der Waals surface area contributed by atoms with Gasteiger partial charge in [0.25, 0.3) is 0 Å². The summed E-state index contributed by atoms with van der Waals surface area (Å²) >= 11 is 0. The summed E-state index contributed by atoms with van der Waals surface area (Å²) in [7, 11) is -3.70. The van der Waals surface area contributed by atoms with Gasteiger partial charge in [0.05, 0.1) is 4.90 Å². The Hall–Kier alpha value is -1.40. The molecule has 0 spiro atoms. The molecule has 0 bridgehead atoms. The van der Waals surface area contributed by atoms with Gasteiger partial charge in [-0.05, 0) is 49.4 Å². The van der Waals surface area contributed by atoms with Gasteiger partial charge in [-0.3, -0.25) is 4.79 Å². The Labute approximate surface area is 113 Å². The topological polar surface area (TPSA) is 89.3 Å². The number of nitrogens with one attached hydrogen (secondary N) is 1. The number of carbonyl (C=O) groups is 1. The van der Waals surface area contributed by atoms with Crippen LogP contribution in [0.4, 0.5) is 5.69 Å². The third-order valence-corrected chi connectivity index (χ3v) is 4.44. The lowest BCUT2D eigenvalue weighted by Gasteiger charge is -2.13. The second-order valence-electron chi connectivity index (χ2n) is 5.14. The van der Waals surface area contributed by atoms with Gasteiger partial charge in [-0.1, -0.05) is 6.92 Å². The number of primary sulfonamides is 1. The first-order valence-electron chi connectivity index (χ1n) is 6.23. The fourth-order valence-corrected chi connectivity index (χ4v) is 2.61. The molecule has 5 nitrogen and oxygen atoms in total. The number of hydrogen-bond donors (Lipinski definition) is 2. The summed E-state index contributed by atoms with van der Waals surface area (Å²) in [5.41, 5.74) is 1.31. The smallest absolute Gasteiger partial charge is 0.238 e. The van der Waals surface area contributed by atoms with Crippen LogP contribution in [-0.4, -0.2) is 14.3 Å². The molecule has 1 fully saturated rings. The molecule has 3 N–H and O–H groups in total.